The summed E-state index contributed by atoms with van der Waals surface area (Å²) in [5, 5.41) is 10.9. The van der Waals surface area contributed by atoms with Crippen LogP contribution in [0.2, 0.25) is 0 Å². The smallest absolute Gasteiger partial charge is 0.320 e. The highest BCUT2D eigenvalue weighted by atomic mass is 79.9. The van der Waals surface area contributed by atoms with E-state index in [1.54, 1.807) is 19.9 Å². The van der Waals surface area contributed by atoms with Gasteiger partial charge in [-0.25, -0.2) is 0 Å². The lowest BCUT2D eigenvalue weighted by atomic mass is 10.1. The molecule has 0 amide bonds. The molecular formula is C12H13Br2NO4. The van der Waals surface area contributed by atoms with Crippen molar-refractivity contribution in [3.05, 3.63) is 37.8 Å². The number of halogens is 2. The largest absolute Gasteiger partial charge is 0.465 e. The van der Waals surface area contributed by atoms with E-state index in [4.69, 9.17) is 4.74 Å². The molecule has 0 bridgehead atoms. The van der Waals surface area contributed by atoms with Gasteiger partial charge in [0.1, 0.15) is 4.83 Å². The molecule has 0 saturated carbocycles. The SMILES string of the molecule is CCOC(=O)C(Br)Cc1cc([N+](=O)[O-])c(C)cc1Br. The number of hydrogen-bond donors (Lipinski definition) is 0. The molecule has 0 heterocycles. The van der Waals surface area contributed by atoms with Gasteiger partial charge in [0.2, 0.25) is 0 Å². The van der Waals surface area contributed by atoms with Crippen LogP contribution in [0.1, 0.15) is 18.1 Å². The van der Waals surface area contributed by atoms with Gasteiger partial charge in [-0.15, -0.1) is 0 Å². The lowest BCUT2D eigenvalue weighted by molar-refractivity contribution is -0.385. The molecule has 0 aliphatic carbocycles. The van der Waals surface area contributed by atoms with Gasteiger partial charge in [0, 0.05) is 16.1 Å². The van der Waals surface area contributed by atoms with Crippen LogP contribution in [0.5, 0.6) is 0 Å². The Bertz CT molecular complexity index is 505. The van der Waals surface area contributed by atoms with Crippen molar-refractivity contribution < 1.29 is 14.5 Å². The van der Waals surface area contributed by atoms with Crippen LogP contribution in [0.4, 0.5) is 5.69 Å². The number of esters is 1. The Hall–Kier alpha value is -0.950. The minimum Gasteiger partial charge on any atom is -0.465 e. The summed E-state index contributed by atoms with van der Waals surface area (Å²) in [5.74, 6) is -0.377. The molecule has 5 nitrogen and oxygen atoms in total. The number of nitrogens with zero attached hydrogens (tertiary/aromatic N) is 1. The number of rotatable bonds is 5. The molecule has 0 aromatic heterocycles. The molecule has 1 aromatic carbocycles. The molecule has 0 aliphatic rings. The van der Waals surface area contributed by atoms with Gasteiger partial charge < -0.3 is 4.74 Å². The summed E-state index contributed by atoms with van der Waals surface area (Å²) in [4.78, 5) is 21.5. The lowest BCUT2D eigenvalue weighted by Gasteiger charge is -2.11. The van der Waals surface area contributed by atoms with Crippen molar-refractivity contribution in [2.75, 3.05) is 6.61 Å². The van der Waals surface area contributed by atoms with Crippen molar-refractivity contribution in [3.63, 3.8) is 0 Å². The van der Waals surface area contributed by atoms with Crippen LogP contribution in [0.3, 0.4) is 0 Å². The number of carbonyl (C=O) groups is 1. The predicted octanol–water partition coefficient (Wildman–Crippen LogP) is 3.53. The van der Waals surface area contributed by atoms with E-state index in [9.17, 15) is 14.9 Å². The van der Waals surface area contributed by atoms with Gasteiger partial charge in [-0.1, -0.05) is 31.9 Å². The normalized spacial score (nSPS) is 12.0. The number of alkyl halides is 1. The highest BCUT2D eigenvalue weighted by Crippen LogP contribution is 2.28. The topological polar surface area (TPSA) is 69.4 Å². The van der Waals surface area contributed by atoms with Crippen LogP contribution < -0.4 is 0 Å². The van der Waals surface area contributed by atoms with Crippen molar-refractivity contribution in [1.29, 1.82) is 0 Å². The molecule has 0 saturated heterocycles. The first-order chi connectivity index (χ1) is 8.86. The first-order valence-electron chi connectivity index (χ1n) is 5.61. The summed E-state index contributed by atoms with van der Waals surface area (Å²) in [6, 6.07) is 3.16. The van der Waals surface area contributed by atoms with E-state index in [-0.39, 0.29) is 11.7 Å². The quantitative estimate of drug-likeness (QED) is 0.331. The Morgan fingerprint density at radius 1 is 1.53 bits per heavy atom. The van der Waals surface area contributed by atoms with E-state index in [2.05, 4.69) is 31.9 Å². The minimum atomic E-state index is -0.522. The van der Waals surface area contributed by atoms with Gasteiger partial charge in [0.05, 0.1) is 11.5 Å². The maximum Gasteiger partial charge on any atom is 0.320 e. The summed E-state index contributed by atoms with van der Waals surface area (Å²) in [6.45, 7) is 3.70. The Morgan fingerprint density at radius 2 is 2.16 bits per heavy atom. The second-order valence-corrected chi connectivity index (χ2v) is 5.87. The summed E-state index contributed by atoms with van der Waals surface area (Å²) in [6.07, 6.45) is 0.320. The fourth-order valence-electron chi connectivity index (χ4n) is 1.57. The molecule has 0 spiro atoms. The summed E-state index contributed by atoms with van der Waals surface area (Å²) >= 11 is 6.58. The summed E-state index contributed by atoms with van der Waals surface area (Å²) in [7, 11) is 0. The van der Waals surface area contributed by atoms with Crippen molar-refractivity contribution in [3.8, 4) is 0 Å². The van der Waals surface area contributed by atoms with E-state index in [0.29, 0.717) is 24.2 Å². The van der Waals surface area contributed by atoms with Crippen LogP contribution in [0.25, 0.3) is 0 Å². The number of aryl methyl sites for hydroxylation is 1. The average Bonchev–Trinajstić information content (AvgIpc) is 2.32. The van der Waals surface area contributed by atoms with Gasteiger partial charge >= 0.3 is 5.97 Å². The highest BCUT2D eigenvalue weighted by Gasteiger charge is 2.21. The van der Waals surface area contributed by atoms with Crippen LogP contribution >= 0.6 is 31.9 Å². The molecular weight excluding hydrogens is 382 g/mol. The lowest BCUT2D eigenvalue weighted by Crippen LogP contribution is -2.20. The maximum absolute atomic E-state index is 11.5. The highest BCUT2D eigenvalue weighted by molar-refractivity contribution is 9.10. The number of carbonyl (C=O) groups excluding carboxylic acids is 1. The van der Waals surface area contributed by atoms with Gasteiger partial charge in [-0.3, -0.25) is 14.9 Å². The molecule has 0 aliphatic heterocycles. The molecule has 1 unspecified atom stereocenters. The third-order valence-corrected chi connectivity index (χ3v) is 3.94. The maximum atomic E-state index is 11.5. The van der Waals surface area contributed by atoms with Gasteiger partial charge in [0.15, 0.2) is 0 Å². The molecule has 0 radical (unpaired) electrons. The Labute approximate surface area is 127 Å². The Balaban J connectivity index is 2.98. The molecule has 19 heavy (non-hydrogen) atoms. The monoisotopic (exact) mass is 393 g/mol. The van der Waals surface area contributed by atoms with E-state index < -0.39 is 9.75 Å². The van der Waals surface area contributed by atoms with E-state index in [1.807, 2.05) is 0 Å². The molecule has 1 atom stereocenters. The number of nitro benzene ring substituents is 1. The van der Waals surface area contributed by atoms with Crippen LogP contribution in [0, 0.1) is 17.0 Å². The van der Waals surface area contributed by atoms with Crippen molar-refractivity contribution in [2.24, 2.45) is 0 Å². The zero-order valence-corrected chi connectivity index (χ0v) is 13.7. The molecule has 0 N–H and O–H groups in total. The van der Waals surface area contributed by atoms with Crippen LogP contribution in [-0.4, -0.2) is 22.3 Å². The van der Waals surface area contributed by atoms with Crippen molar-refractivity contribution in [1.82, 2.24) is 0 Å². The molecule has 1 rings (SSSR count). The molecule has 1 aromatic rings. The van der Waals surface area contributed by atoms with Gasteiger partial charge in [0.25, 0.3) is 5.69 Å². The second-order valence-electron chi connectivity index (χ2n) is 3.91. The first kappa shape index (κ1) is 16.1. The molecule has 0 fully saturated rings. The van der Waals surface area contributed by atoms with E-state index >= 15 is 0 Å². The van der Waals surface area contributed by atoms with Gasteiger partial charge in [-0.05, 0) is 31.9 Å². The van der Waals surface area contributed by atoms with Gasteiger partial charge in [-0.2, -0.15) is 0 Å². The van der Waals surface area contributed by atoms with E-state index in [0.717, 1.165) is 4.47 Å². The van der Waals surface area contributed by atoms with E-state index in [1.165, 1.54) is 6.07 Å². The fourth-order valence-corrected chi connectivity index (χ4v) is 2.67. The standard InChI is InChI=1S/C12H13Br2NO4/c1-3-19-12(16)10(14)5-8-6-11(15(17)18)7(2)4-9(8)13/h4,6,10H,3,5H2,1-2H3. The first-order valence-corrected chi connectivity index (χ1v) is 7.31. The second kappa shape index (κ2) is 7.00. The average molecular weight is 395 g/mol. The molecule has 104 valence electrons. The summed E-state index contributed by atoms with van der Waals surface area (Å²) in [5.41, 5.74) is 1.30. The number of ether oxygens (including phenoxy) is 1. The third kappa shape index (κ3) is 4.28. The Morgan fingerprint density at radius 3 is 2.68 bits per heavy atom. The Kier molecular flexibility index (Phi) is 5.93. The van der Waals surface area contributed by atoms with Crippen LogP contribution in [-0.2, 0) is 16.0 Å². The number of benzene rings is 1. The zero-order valence-electron chi connectivity index (χ0n) is 10.5. The predicted molar refractivity (Wildman–Crippen MR) is 78.6 cm³/mol. The number of nitro groups is 1. The zero-order chi connectivity index (χ0) is 14.6. The summed E-state index contributed by atoms with van der Waals surface area (Å²) < 4.78 is 5.62. The molecule has 7 heteroatoms. The third-order valence-electron chi connectivity index (χ3n) is 2.50. The van der Waals surface area contributed by atoms with Crippen molar-refractivity contribution in [2.45, 2.75) is 25.1 Å². The number of hydrogen-bond acceptors (Lipinski definition) is 4. The van der Waals surface area contributed by atoms with Crippen LogP contribution in [0.15, 0.2) is 16.6 Å². The fraction of sp³-hybridized carbons (Fsp3) is 0.417. The minimum absolute atomic E-state index is 0.0433. The van der Waals surface area contributed by atoms with Crippen molar-refractivity contribution >= 4 is 43.5 Å².